The summed E-state index contributed by atoms with van der Waals surface area (Å²) in [5.41, 5.74) is 7.23. The first-order chi connectivity index (χ1) is 6.84. The predicted octanol–water partition coefficient (Wildman–Crippen LogP) is 0.524. The molecule has 0 spiro atoms. The first-order valence-electron chi connectivity index (χ1n) is 4.37. The molecular formula is C8H9N5S. The maximum absolute atomic E-state index is 5.68. The van der Waals surface area contributed by atoms with Crippen LogP contribution in [-0.2, 0) is 6.54 Å². The Hall–Kier alpha value is -1.30. The fourth-order valence-electron chi connectivity index (χ4n) is 1.43. The van der Waals surface area contributed by atoms with Crippen LogP contribution in [0.25, 0.3) is 11.2 Å². The highest BCUT2D eigenvalue weighted by Gasteiger charge is 2.23. The lowest BCUT2D eigenvalue weighted by Gasteiger charge is -1.99. The van der Waals surface area contributed by atoms with Crippen LogP contribution in [0.4, 0.5) is 5.82 Å². The third-order valence-corrected chi connectivity index (χ3v) is 3.19. The quantitative estimate of drug-likeness (QED) is 0.727. The highest BCUT2D eigenvalue weighted by atomic mass is 32.2. The highest BCUT2D eigenvalue weighted by molar-refractivity contribution is 8.06. The standard InChI is InChI=1S/C8H9N5S/c9-7-6-8(11-3-10-7)13(4-12-6)1-5-2-14-5/h3-5H,1-2H2,(H2,9,10,11). The number of fused-ring (bicyclic) bond motifs is 1. The van der Waals surface area contributed by atoms with Crippen LogP contribution >= 0.6 is 11.8 Å². The summed E-state index contributed by atoms with van der Waals surface area (Å²) in [6.07, 6.45) is 3.27. The summed E-state index contributed by atoms with van der Waals surface area (Å²) in [5.74, 6) is 1.69. The molecule has 2 aromatic heterocycles. The number of aromatic nitrogens is 4. The van der Waals surface area contributed by atoms with Crippen molar-refractivity contribution in [2.24, 2.45) is 0 Å². The number of nitrogens with zero attached hydrogens (tertiary/aromatic N) is 4. The van der Waals surface area contributed by atoms with Crippen LogP contribution in [-0.4, -0.2) is 30.5 Å². The highest BCUT2D eigenvalue weighted by Crippen LogP contribution is 2.32. The lowest BCUT2D eigenvalue weighted by atomic mass is 10.4. The Morgan fingerprint density at radius 3 is 3.14 bits per heavy atom. The molecule has 1 fully saturated rings. The summed E-state index contributed by atoms with van der Waals surface area (Å²) in [5, 5.41) is 0.726. The van der Waals surface area contributed by atoms with Crippen molar-refractivity contribution in [1.82, 2.24) is 19.5 Å². The molecule has 0 radical (unpaired) electrons. The minimum absolute atomic E-state index is 0.456. The van der Waals surface area contributed by atoms with Crippen LogP contribution in [0, 0.1) is 0 Å². The van der Waals surface area contributed by atoms with Gasteiger partial charge in [-0.15, -0.1) is 0 Å². The van der Waals surface area contributed by atoms with Gasteiger partial charge in [0.2, 0.25) is 0 Å². The molecule has 1 aliphatic heterocycles. The van der Waals surface area contributed by atoms with Gasteiger partial charge in [-0.2, -0.15) is 11.8 Å². The number of hydrogen-bond donors (Lipinski definition) is 1. The van der Waals surface area contributed by atoms with E-state index in [-0.39, 0.29) is 0 Å². The van der Waals surface area contributed by atoms with E-state index in [2.05, 4.69) is 15.0 Å². The monoisotopic (exact) mass is 207 g/mol. The SMILES string of the molecule is Nc1ncnc2c1ncn2CC1CS1. The van der Waals surface area contributed by atoms with Crippen molar-refractivity contribution in [3.8, 4) is 0 Å². The molecule has 3 heterocycles. The number of nitrogens with two attached hydrogens (primary N) is 1. The number of anilines is 1. The van der Waals surface area contributed by atoms with E-state index in [9.17, 15) is 0 Å². The van der Waals surface area contributed by atoms with E-state index in [0.29, 0.717) is 11.3 Å². The summed E-state index contributed by atoms with van der Waals surface area (Å²) in [6.45, 7) is 0.970. The van der Waals surface area contributed by atoms with Crippen molar-refractivity contribution >= 4 is 28.7 Å². The maximum atomic E-state index is 5.68. The van der Waals surface area contributed by atoms with Crippen molar-refractivity contribution in [2.45, 2.75) is 11.8 Å². The molecule has 1 unspecified atom stereocenters. The van der Waals surface area contributed by atoms with E-state index in [1.165, 1.54) is 12.1 Å². The zero-order chi connectivity index (χ0) is 9.54. The minimum Gasteiger partial charge on any atom is -0.382 e. The van der Waals surface area contributed by atoms with Gasteiger partial charge in [-0.1, -0.05) is 0 Å². The van der Waals surface area contributed by atoms with Crippen LogP contribution in [0.1, 0.15) is 0 Å². The summed E-state index contributed by atoms with van der Waals surface area (Å²) in [6, 6.07) is 0. The first-order valence-corrected chi connectivity index (χ1v) is 5.42. The van der Waals surface area contributed by atoms with Gasteiger partial charge in [-0.3, -0.25) is 0 Å². The van der Waals surface area contributed by atoms with Crippen LogP contribution < -0.4 is 5.73 Å². The van der Waals surface area contributed by atoms with E-state index < -0.39 is 0 Å². The van der Waals surface area contributed by atoms with Crippen molar-refractivity contribution < 1.29 is 0 Å². The normalized spacial score (nSPS) is 20.1. The largest absolute Gasteiger partial charge is 0.382 e. The lowest BCUT2D eigenvalue weighted by Crippen LogP contribution is -2.03. The van der Waals surface area contributed by atoms with Gasteiger partial charge in [0.25, 0.3) is 0 Å². The van der Waals surface area contributed by atoms with E-state index in [1.807, 2.05) is 16.3 Å². The summed E-state index contributed by atoms with van der Waals surface area (Å²) in [7, 11) is 0. The molecule has 3 rings (SSSR count). The second-order valence-corrected chi connectivity index (χ2v) is 4.62. The zero-order valence-corrected chi connectivity index (χ0v) is 8.24. The van der Waals surface area contributed by atoms with Crippen LogP contribution in [0.3, 0.4) is 0 Å². The average molecular weight is 207 g/mol. The van der Waals surface area contributed by atoms with Gasteiger partial charge in [0.1, 0.15) is 11.8 Å². The van der Waals surface area contributed by atoms with Crippen LogP contribution in [0.15, 0.2) is 12.7 Å². The smallest absolute Gasteiger partial charge is 0.165 e. The van der Waals surface area contributed by atoms with E-state index >= 15 is 0 Å². The molecule has 0 bridgehead atoms. The number of rotatable bonds is 2. The molecule has 2 aromatic rings. The fourth-order valence-corrected chi connectivity index (χ4v) is 1.93. The van der Waals surface area contributed by atoms with Gasteiger partial charge in [-0.25, -0.2) is 15.0 Å². The Kier molecular flexibility index (Phi) is 1.63. The van der Waals surface area contributed by atoms with E-state index in [4.69, 9.17) is 5.73 Å². The predicted molar refractivity (Wildman–Crippen MR) is 56.0 cm³/mol. The average Bonchev–Trinajstić information content (AvgIpc) is 2.88. The summed E-state index contributed by atoms with van der Waals surface area (Å²) >= 11 is 1.96. The molecule has 14 heavy (non-hydrogen) atoms. The summed E-state index contributed by atoms with van der Waals surface area (Å²) < 4.78 is 2.04. The Labute approximate surface area is 84.7 Å². The third kappa shape index (κ3) is 1.22. The van der Waals surface area contributed by atoms with Gasteiger partial charge in [0, 0.05) is 17.5 Å². The number of imidazole rings is 1. The Balaban J connectivity index is 2.10. The van der Waals surface area contributed by atoms with E-state index in [0.717, 1.165) is 17.4 Å². The molecule has 72 valence electrons. The molecule has 0 amide bonds. The molecule has 5 nitrogen and oxygen atoms in total. The lowest BCUT2D eigenvalue weighted by molar-refractivity contribution is 0.736. The zero-order valence-electron chi connectivity index (χ0n) is 7.42. The number of nitrogen functional groups attached to an aromatic ring is 1. The molecular weight excluding hydrogens is 198 g/mol. The van der Waals surface area contributed by atoms with Crippen molar-refractivity contribution in [3.05, 3.63) is 12.7 Å². The topological polar surface area (TPSA) is 69.6 Å². The first kappa shape index (κ1) is 8.05. The molecule has 1 aliphatic rings. The number of hydrogen-bond acceptors (Lipinski definition) is 5. The van der Waals surface area contributed by atoms with Crippen LogP contribution in [0.5, 0.6) is 0 Å². The van der Waals surface area contributed by atoms with Gasteiger partial charge >= 0.3 is 0 Å². The molecule has 6 heteroatoms. The molecule has 0 aromatic carbocycles. The molecule has 0 aliphatic carbocycles. The van der Waals surface area contributed by atoms with Gasteiger partial charge in [0.05, 0.1) is 6.33 Å². The van der Waals surface area contributed by atoms with Crippen molar-refractivity contribution in [3.63, 3.8) is 0 Å². The van der Waals surface area contributed by atoms with Gasteiger partial charge in [-0.05, 0) is 0 Å². The molecule has 2 N–H and O–H groups in total. The molecule has 1 atom stereocenters. The van der Waals surface area contributed by atoms with Crippen LogP contribution in [0.2, 0.25) is 0 Å². The van der Waals surface area contributed by atoms with Crippen molar-refractivity contribution in [2.75, 3.05) is 11.5 Å². The molecule has 1 saturated heterocycles. The maximum Gasteiger partial charge on any atom is 0.165 e. The Morgan fingerprint density at radius 1 is 1.50 bits per heavy atom. The van der Waals surface area contributed by atoms with Crippen molar-refractivity contribution in [1.29, 1.82) is 0 Å². The van der Waals surface area contributed by atoms with Gasteiger partial charge in [0.15, 0.2) is 11.5 Å². The third-order valence-electron chi connectivity index (χ3n) is 2.23. The second-order valence-electron chi connectivity index (χ2n) is 3.28. The number of thioether (sulfide) groups is 1. The van der Waals surface area contributed by atoms with E-state index in [1.54, 1.807) is 6.33 Å². The molecule has 0 saturated carbocycles. The Bertz CT molecular complexity index is 476. The summed E-state index contributed by atoms with van der Waals surface area (Å²) in [4.78, 5) is 12.3. The fraction of sp³-hybridized carbons (Fsp3) is 0.375. The van der Waals surface area contributed by atoms with Gasteiger partial charge < -0.3 is 10.3 Å². The second kappa shape index (κ2) is 2.84. The minimum atomic E-state index is 0.456. The Morgan fingerprint density at radius 2 is 2.36 bits per heavy atom.